The maximum atomic E-state index is 13.2. The van der Waals surface area contributed by atoms with E-state index in [4.69, 9.17) is 5.73 Å². The van der Waals surface area contributed by atoms with Crippen molar-refractivity contribution >= 4 is 0 Å². The molecule has 76 valence electrons. The predicted molar refractivity (Wildman–Crippen MR) is 46.0 cm³/mol. The Kier molecular flexibility index (Phi) is 2.23. The van der Waals surface area contributed by atoms with Gasteiger partial charge in [0, 0.05) is 17.7 Å². The molecule has 14 heavy (non-hydrogen) atoms. The van der Waals surface area contributed by atoms with Crippen LogP contribution in [0.15, 0.2) is 12.1 Å². The fraction of sp³-hybridized carbons (Fsp3) is 0.400. The van der Waals surface area contributed by atoms with E-state index in [0.717, 1.165) is 18.9 Å². The zero-order chi connectivity index (χ0) is 10.3. The molecule has 0 bridgehead atoms. The average Bonchev–Trinajstić information content (AvgIpc) is 2.93. The Morgan fingerprint density at radius 2 is 1.86 bits per heavy atom. The molecule has 1 aromatic carbocycles. The first-order chi connectivity index (χ1) is 6.59. The van der Waals surface area contributed by atoms with Gasteiger partial charge in [0.25, 0.3) is 0 Å². The van der Waals surface area contributed by atoms with E-state index < -0.39 is 23.5 Å². The molecule has 0 heterocycles. The monoisotopic (exact) mass is 201 g/mol. The van der Waals surface area contributed by atoms with Gasteiger partial charge in [-0.15, -0.1) is 0 Å². The number of benzene rings is 1. The SMILES string of the molecule is N[C@@H](c1cc(F)cc(F)c1F)C1CC1. The van der Waals surface area contributed by atoms with E-state index in [9.17, 15) is 13.2 Å². The van der Waals surface area contributed by atoms with Crippen LogP contribution in [-0.4, -0.2) is 0 Å². The normalized spacial score (nSPS) is 18.3. The van der Waals surface area contributed by atoms with Crippen molar-refractivity contribution in [3.05, 3.63) is 35.1 Å². The van der Waals surface area contributed by atoms with E-state index in [1.54, 1.807) is 0 Å². The van der Waals surface area contributed by atoms with Gasteiger partial charge in [-0.25, -0.2) is 13.2 Å². The van der Waals surface area contributed by atoms with Crippen LogP contribution in [0, 0.1) is 23.4 Å². The Morgan fingerprint density at radius 1 is 1.21 bits per heavy atom. The molecule has 0 aromatic heterocycles. The third-order valence-corrected chi connectivity index (χ3v) is 2.51. The van der Waals surface area contributed by atoms with Crippen molar-refractivity contribution in [2.24, 2.45) is 11.7 Å². The Labute approximate surface area is 79.7 Å². The lowest BCUT2D eigenvalue weighted by atomic mass is 10.0. The highest BCUT2D eigenvalue weighted by molar-refractivity contribution is 5.24. The van der Waals surface area contributed by atoms with Crippen LogP contribution in [0.2, 0.25) is 0 Å². The molecule has 0 amide bonds. The van der Waals surface area contributed by atoms with Gasteiger partial charge < -0.3 is 5.73 Å². The van der Waals surface area contributed by atoms with Gasteiger partial charge in [-0.2, -0.15) is 0 Å². The van der Waals surface area contributed by atoms with Gasteiger partial charge in [0.05, 0.1) is 0 Å². The lowest BCUT2D eigenvalue weighted by Crippen LogP contribution is -2.15. The maximum absolute atomic E-state index is 13.2. The van der Waals surface area contributed by atoms with Crippen LogP contribution in [0.3, 0.4) is 0 Å². The van der Waals surface area contributed by atoms with Crippen LogP contribution in [0.4, 0.5) is 13.2 Å². The molecule has 1 nitrogen and oxygen atoms in total. The van der Waals surface area contributed by atoms with Gasteiger partial charge in [-0.1, -0.05) is 0 Å². The number of rotatable bonds is 2. The highest BCUT2D eigenvalue weighted by Crippen LogP contribution is 2.40. The summed E-state index contributed by atoms with van der Waals surface area (Å²) in [7, 11) is 0. The Hall–Kier alpha value is -1.03. The highest BCUT2D eigenvalue weighted by Gasteiger charge is 2.32. The van der Waals surface area contributed by atoms with Gasteiger partial charge >= 0.3 is 0 Å². The van der Waals surface area contributed by atoms with Crippen LogP contribution >= 0.6 is 0 Å². The molecule has 0 saturated heterocycles. The second-order valence-corrected chi connectivity index (χ2v) is 3.65. The molecule has 1 fully saturated rings. The maximum Gasteiger partial charge on any atom is 0.163 e. The van der Waals surface area contributed by atoms with E-state index in [1.807, 2.05) is 0 Å². The van der Waals surface area contributed by atoms with Crippen LogP contribution < -0.4 is 5.73 Å². The third-order valence-electron chi connectivity index (χ3n) is 2.51. The molecule has 0 unspecified atom stereocenters. The van der Waals surface area contributed by atoms with E-state index in [-0.39, 0.29) is 11.5 Å². The molecule has 1 aromatic rings. The van der Waals surface area contributed by atoms with E-state index in [2.05, 4.69) is 0 Å². The van der Waals surface area contributed by atoms with E-state index >= 15 is 0 Å². The largest absolute Gasteiger partial charge is 0.324 e. The first kappa shape index (κ1) is 9.52. The van der Waals surface area contributed by atoms with Gasteiger partial charge in [0.1, 0.15) is 5.82 Å². The van der Waals surface area contributed by atoms with Crippen molar-refractivity contribution in [1.82, 2.24) is 0 Å². The molecule has 2 rings (SSSR count). The molecule has 4 heteroatoms. The quantitative estimate of drug-likeness (QED) is 0.731. The van der Waals surface area contributed by atoms with Gasteiger partial charge in [0.2, 0.25) is 0 Å². The second-order valence-electron chi connectivity index (χ2n) is 3.65. The molecule has 1 atom stereocenters. The summed E-state index contributed by atoms with van der Waals surface area (Å²) in [6.07, 6.45) is 1.80. The second kappa shape index (κ2) is 3.28. The summed E-state index contributed by atoms with van der Waals surface area (Å²) in [5.41, 5.74) is 5.61. The number of halogens is 3. The van der Waals surface area contributed by atoms with Crippen molar-refractivity contribution in [3.8, 4) is 0 Å². The Morgan fingerprint density at radius 3 is 2.43 bits per heavy atom. The van der Waals surface area contributed by atoms with Crippen LogP contribution in [-0.2, 0) is 0 Å². The van der Waals surface area contributed by atoms with Crippen molar-refractivity contribution in [2.45, 2.75) is 18.9 Å². The summed E-state index contributed by atoms with van der Waals surface area (Å²) in [6.45, 7) is 0. The molecule has 1 aliphatic rings. The third kappa shape index (κ3) is 1.62. The minimum Gasteiger partial charge on any atom is -0.324 e. The van der Waals surface area contributed by atoms with Gasteiger partial charge in [-0.3, -0.25) is 0 Å². The van der Waals surface area contributed by atoms with Gasteiger partial charge in [0.15, 0.2) is 11.6 Å². The van der Waals surface area contributed by atoms with Crippen molar-refractivity contribution < 1.29 is 13.2 Å². The smallest absolute Gasteiger partial charge is 0.163 e. The van der Waals surface area contributed by atoms with E-state index in [0.29, 0.717) is 6.07 Å². The van der Waals surface area contributed by atoms with Crippen LogP contribution in [0.5, 0.6) is 0 Å². The fourth-order valence-corrected chi connectivity index (χ4v) is 1.53. The minimum absolute atomic E-state index is 0.0509. The molecule has 0 spiro atoms. The summed E-state index contributed by atoms with van der Waals surface area (Å²) < 4.78 is 38.8. The lowest BCUT2D eigenvalue weighted by Gasteiger charge is -2.12. The molecule has 1 saturated carbocycles. The number of hydrogen-bond acceptors (Lipinski definition) is 1. The minimum atomic E-state index is -1.17. The zero-order valence-electron chi connectivity index (χ0n) is 7.43. The molecule has 2 N–H and O–H groups in total. The Bertz CT molecular complexity index is 361. The average molecular weight is 201 g/mol. The topological polar surface area (TPSA) is 26.0 Å². The molecular formula is C10H10F3N. The number of hydrogen-bond donors (Lipinski definition) is 1. The molecule has 0 aliphatic heterocycles. The van der Waals surface area contributed by atoms with E-state index in [1.165, 1.54) is 0 Å². The first-order valence-electron chi connectivity index (χ1n) is 4.49. The molecular weight excluding hydrogens is 191 g/mol. The van der Waals surface area contributed by atoms with Crippen molar-refractivity contribution in [3.63, 3.8) is 0 Å². The van der Waals surface area contributed by atoms with Crippen LogP contribution in [0.1, 0.15) is 24.4 Å². The van der Waals surface area contributed by atoms with Crippen molar-refractivity contribution in [2.75, 3.05) is 0 Å². The lowest BCUT2D eigenvalue weighted by molar-refractivity contribution is 0.466. The van der Waals surface area contributed by atoms with Crippen molar-refractivity contribution in [1.29, 1.82) is 0 Å². The first-order valence-corrected chi connectivity index (χ1v) is 4.49. The fourth-order valence-electron chi connectivity index (χ4n) is 1.53. The molecule has 0 radical (unpaired) electrons. The summed E-state index contributed by atoms with van der Waals surface area (Å²) in [4.78, 5) is 0. The van der Waals surface area contributed by atoms with Gasteiger partial charge in [-0.05, 0) is 24.8 Å². The number of nitrogens with two attached hydrogens (primary N) is 1. The highest BCUT2D eigenvalue weighted by atomic mass is 19.2. The molecule has 1 aliphatic carbocycles. The standard InChI is InChI=1S/C10H10F3N/c11-6-3-7(9(13)8(12)4-6)10(14)5-1-2-5/h3-5,10H,1-2,14H2/t10-/m1/s1. The summed E-state index contributed by atoms with van der Waals surface area (Å²) >= 11 is 0. The predicted octanol–water partition coefficient (Wildman–Crippen LogP) is 2.51. The summed E-state index contributed by atoms with van der Waals surface area (Å²) in [5, 5.41) is 0. The zero-order valence-corrected chi connectivity index (χ0v) is 7.43. The summed E-state index contributed by atoms with van der Waals surface area (Å²) in [6, 6.07) is 0.917. The van der Waals surface area contributed by atoms with Crippen LogP contribution in [0.25, 0.3) is 0 Å². The summed E-state index contributed by atoms with van der Waals surface area (Å²) in [5.74, 6) is -2.80. The Balaban J connectivity index is 2.39.